The fraction of sp³-hybridized carbons (Fsp3) is 1.00. The van der Waals surface area contributed by atoms with E-state index in [2.05, 4.69) is 25.8 Å². The van der Waals surface area contributed by atoms with Crippen LogP contribution >= 0.6 is 0 Å². The predicted octanol–water partition coefficient (Wildman–Crippen LogP) is 2.91. The van der Waals surface area contributed by atoms with Crippen molar-refractivity contribution in [3.63, 3.8) is 0 Å². The molecule has 0 heterocycles. The fourth-order valence-electron chi connectivity index (χ4n) is 4.04. The molecule has 0 amide bonds. The van der Waals surface area contributed by atoms with Crippen LogP contribution in [0.3, 0.4) is 0 Å². The summed E-state index contributed by atoms with van der Waals surface area (Å²) in [4.78, 5) is 2.37. The first-order valence-electron chi connectivity index (χ1n) is 7.47. The summed E-state index contributed by atoms with van der Waals surface area (Å²) in [5.41, 5.74) is -0.466. The molecule has 17 heavy (non-hydrogen) atoms. The van der Waals surface area contributed by atoms with Crippen LogP contribution in [0.5, 0.6) is 0 Å². The first kappa shape index (κ1) is 13.4. The molecule has 100 valence electrons. The van der Waals surface area contributed by atoms with Crippen molar-refractivity contribution in [1.82, 2.24) is 4.90 Å². The van der Waals surface area contributed by atoms with Crippen molar-refractivity contribution in [2.75, 3.05) is 20.1 Å². The maximum atomic E-state index is 10.4. The fourth-order valence-corrected chi connectivity index (χ4v) is 4.04. The maximum Gasteiger partial charge on any atom is 0.0768 e. The monoisotopic (exact) mass is 239 g/mol. The van der Waals surface area contributed by atoms with Gasteiger partial charge in [0.2, 0.25) is 0 Å². The summed E-state index contributed by atoms with van der Waals surface area (Å²) >= 11 is 0. The summed E-state index contributed by atoms with van der Waals surface area (Å²) in [6.07, 6.45) is 7.62. The van der Waals surface area contributed by atoms with Crippen LogP contribution in [-0.4, -0.2) is 35.7 Å². The molecule has 0 aromatic rings. The average molecular weight is 239 g/mol. The normalized spacial score (nSPS) is 32.6. The summed E-state index contributed by atoms with van der Waals surface area (Å²) in [7, 11) is 2.18. The summed E-state index contributed by atoms with van der Waals surface area (Å²) < 4.78 is 0. The van der Waals surface area contributed by atoms with E-state index in [4.69, 9.17) is 0 Å². The van der Waals surface area contributed by atoms with Crippen LogP contribution in [0.25, 0.3) is 0 Å². The molecule has 2 heteroatoms. The molecule has 0 aromatic heterocycles. The molecule has 2 saturated carbocycles. The van der Waals surface area contributed by atoms with E-state index in [1.807, 2.05) is 0 Å². The van der Waals surface area contributed by atoms with Gasteiger partial charge < -0.3 is 10.0 Å². The Balaban J connectivity index is 1.79. The zero-order chi connectivity index (χ0) is 12.5. The molecular formula is C15H29NO. The van der Waals surface area contributed by atoms with Crippen molar-refractivity contribution in [2.45, 2.75) is 58.0 Å². The van der Waals surface area contributed by atoms with Gasteiger partial charge in [-0.05, 0) is 56.9 Å². The summed E-state index contributed by atoms with van der Waals surface area (Å²) in [6.45, 7) is 6.22. The highest BCUT2D eigenvalue weighted by molar-refractivity contribution is 4.91. The Hall–Kier alpha value is -0.0800. The van der Waals surface area contributed by atoms with Gasteiger partial charge in [0, 0.05) is 13.1 Å². The lowest BCUT2D eigenvalue weighted by molar-refractivity contribution is -0.00189. The second kappa shape index (κ2) is 5.27. The van der Waals surface area contributed by atoms with Gasteiger partial charge >= 0.3 is 0 Å². The number of hydrogen-bond acceptors (Lipinski definition) is 2. The molecular weight excluding hydrogens is 210 g/mol. The molecule has 0 aliphatic heterocycles. The number of rotatable bonds is 6. The molecule has 2 nitrogen and oxygen atoms in total. The molecule has 2 rings (SSSR count). The second-order valence-electron chi connectivity index (χ2n) is 6.56. The van der Waals surface area contributed by atoms with Gasteiger partial charge in [0.1, 0.15) is 0 Å². The third kappa shape index (κ3) is 3.03. The smallest absolute Gasteiger partial charge is 0.0768 e. The number of fused-ring (bicyclic) bond motifs is 2. The topological polar surface area (TPSA) is 23.5 Å². The standard InChI is InChI=1S/C15H29NO/c1-4-15(17,5-2)11-16(3)10-14-9-12-6-7-13(14)8-12/h12-14,17H,4-11H2,1-3H3. The Labute approximate surface area is 106 Å². The number of aliphatic hydroxyl groups is 1. The highest BCUT2D eigenvalue weighted by atomic mass is 16.3. The van der Waals surface area contributed by atoms with Crippen LogP contribution < -0.4 is 0 Å². The molecule has 1 N–H and O–H groups in total. The third-order valence-corrected chi connectivity index (χ3v) is 5.31. The minimum absolute atomic E-state index is 0.466. The highest BCUT2D eigenvalue weighted by Crippen LogP contribution is 2.48. The minimum atomic E-state index is -0.466. The summed E-state index contributed by atoms with van der Waals surface area (Å²) in [5.74, 6) is 2.95. The first-order chi connectivity index (χ1) is 8.06. The van der Waals surface area contributed by atoms with Gasteiger partial charge in [-0.15, -0.1) is 0 Å². The van der Waals surface area contributed by atoms with E-state index >= 15 is 0 Å². The van der Waals surface area contributed by atoms with Crippen molar-refractivity contribution >= 4 is 0 Å². The molecule has 2 fully saturated rings. The number of nitrogens with zero attached hydrogens (tertiary/aromatic N) is 1. The minimum Gasteiger partial charge on any atom is -0.389 e. The van der Waals surface area contributed by atoms with Crippen molar-refractivity contribution in [2.24, 2.45) is 17.8 Å². The predicted molar refractivity (Wildman–Crippen MR) is 72.0 cm³/mol. The van der Waals surface area contributed by atoms with E-state index in [0.717, 1.165) is 37.1 Å². The van der Waals surface area contributed by atoms with E-state index in [9.17, 15) is 5.11 Å². The summed E-state index contributed by atoms with van der Waals surface area (Å²) in [5, 5.41) is 10.4. The molecule has 0 radical (unpaired) electrons. The van der Waals surface area contributed by atoms with Gasteiger partial charge in [0.25, 0.3) is 0 Å². The number of hydrogen-bond donors (Lipinski definition) is 1. The zero-order valence-electron chi connectivity index (χ0n) is 11.8. The average Bonchev–Trinajstić information content (AvgIpc) is 2.90. The lowest BCUT2D eigenvalue weighted by Crippen LogP contribution is -2.42. The van der Waals surface area contributed by atoms with Crippen LogP contribution in [0.4, 0.5) is 0 Å². The molecule has 0 aromatic carbocycles. The van der Waals surface area contributed by atoms with Crippen LogP contribution in [0.2, 0.25) is 0 Å². The van der Waals surface area contributed by atoms with Crippen molar-refractivity contribution in [3.8, 4) is 0 Å². The van der Waals surface area contributed by atoms with Gasteiger partial charge in [0.15, 0.2) is 0 Å². The van der Waals surface area contributed by atoms with Crippen molar-refractivity contribution in [3.05, 3.63) is 0 Å². The Morgan fingerprint density at radius 1 is 1.18 bits per heavy atom. The van der Waals surface area contributed by atoms with Gasteiger partial charge in [-0.25, -0.2) is 0 Å². The molecule has 2 aliphatic rings. The van der Waals surface area contributed by atoms with Crippen molar-refractivity contribution < 1.29 is 5.11 Å². The van der Waals surface area contributed by atoms with Crippen LogP contribution in [0.1, 0.15) is 52.4 Å². The molecule has 0 saturated heterocycles. The molecule has 3 atom stereocenters. The molecule has 2 bridgehead atoms. The molecule has 2 aliphatic carbocycles. The Morgan fingerprint density at radius 2 is 1.88 bits per heavy atom. The lowest BCUT2D eigenvalue weighted by Gasteiger charge is -2.33. The third-order valence-electron chi connectivity index (χ3n) is 5.31. The number of likely N-dealkylation sites (N-methyl/N-ethyl adjacent to an activating group) is 1. The van der Waals surface area contributed by atoms with E-state index < -0.39 is 5.60 Å². The molecule has 3 unspecified atom stereocenters. The van der Waals surface area contributed by atoms with Crippen molar-refractivity contribution in [1.29, 1.82) is 0 Å². The SMILES string of the molecule is CCC(O)(CC)CN(C)CC1CC2CCC1C2. The van der Waals surface area contributed by atoms with E-state index in [0.29, 0.717) is 0 Å². The van der Waals surface area contributed by atoms with E-state index in [-0.39, 0.29) is 0 Å². The van der Waals surface area contributed by atoms with Crippen LogP contribution in [0, 0.1) is 17.8 Å². The quantitative estimate of drug-likeness (QED) is 0.770. The second-order valence-corrected chi connectivity index (χ2v) is 6.56. The van der Waals surface area contributed by atoms with Gasteiger partial charge in [-0.3, -0.25) is 0 Å². The largest absolute Gasteiger partial charge is 0.389 e. The van der Waals surface area contributed by atoms with E-state index in [1.54, 1.807) is 0 Å². The zero-order valence-corrected chi connectivity index (χ0v) is 11.8. The maximum absolute atomic E-state index is 10.4. The van der Waals surface area contributed by atoms with Gasteiger partial charge in [-0.1, -0.05) is 20.3 Å². The Kier molecular flexibility index (Phi) is 4.14. The van der Waals surface area contributed by atoms with E-state index in [1.165, 1.54) is 32.2 Å². The van der Waals surface area contributed by atoms with Crippen LogP contribution in [0.15, 0.2) is 0 Å². The Bertz CT molecular complexity index is 249. The Morgan fingerprint density at radius 3 is 2.35 bits per heavy atom. The lowest BCUT2D eigenvalue weighted by atomic mass is 9.88. The summed E-state index contributed by atoms with van der Waals surface area (Å²) in [6, 6.07) is 0. The highest BCUT2D eigenvalue weighted by Gasteiger charge is 2.40. The van der Waals surface area contributed by atoms with Gasteiger partial charge in [-0.2, -0.15) is 0 Å². The van der Waals surface area contributed by atoms with Gasteiger partial charge in [0.05, 0.1) is 5.60 Å². The van der Waals surface area contributed by atoms with Crippen LogP contribution in [-0.2, 0) is 0 Å². The molecule has 0 spiro atoms. The first-order valence-corrected chi connectivity index (χ1v) is 7.47.